The number of nitrogens with zero attached hydrogens (tertiary/aromatic N) is 3. The standard InChI is InChI=1S/C8H11F2N3S/c1-13-7(11-5-12-13)14-4-6-2-8(9,10)3-6/h5-6H,2-4H2,1H3. The summed E-state index contributed by atoms with van der Waals surface area (Å²) in [4.78, 5) is 4.01. The lowest BCUT2D eigenvalue weighted by atomic mass is 9.83. The van der Waals surface area contributed by atoms with E-state index in [1.54, 1.807) is 11.7 Å². The highest BCUT2D eigenvalue weighted by Gasteiger charge is 2.44. The third kappa shape index (κ3) is 2.05. The van der Waals surface area contributed by atoms with Gasteiger partial charge in [0.2, 0.25) is 5.92 Å². The van der Waals surface area contributed by atoms with Gasteiger partial charge in [-0.15, -0.1) is 0 Å². The van der Waals surface area contributed by atoms with Crippen LogP contribution in [0.4, 0.5) is 8.78 Å². The highest BCUT2D eigenvalue weighted by atomic mass is 32.2. The summed E-state index contributed by atoms with van der Waals surface area (Å²) in [7, 11) is 1.80. The summed E-state index contributed by atoms with van der Waals surface area (Å²) in [5.74, 6) is -1.57. The SMILES string of the molecule is Cn1ncnc1SCC1CC(F)(F)C1. The van der Waals surface area contributed by atoms with Gasteiger partial charge in [0.05, 0.1) is 0 Å². The number of aromatic nitrogens is 3. The molecule has 0 amide bonds. The van der Waals surface area contributed by atoms with Gasteiger partial charge in [-0.2, -0.15) is 5.10 Å². The summed E-state index contributed by atoms with van der Waals surface area (Å²) in [6, 6.07) is 0. The number of aryl methyl sites for hydroxylation is 1. The fourth-order valence-electron chi connectivity index (χ4n) is 1.51. The number of alkyl halides is 2. The maximum Gasteiger partial charge on any atom is 0.248 e. The second kappa shape index (κ2) is 3.49. The number of hydrogen-bond donors (Lipinski definition) is 0. The lowest BCUT2D eigenvalue weighted by molar-refractivity contribution is -0.103. The van der Waals surface area contributed by atoms with Crippen molar-refractivity contribution in [3.63, 3.8) is 0 Å². The second-order valence-corrected chi connectivity index (χ2v) is 4.59. The Balaban J connectivity index is 1.77. The van der Waals surface area contributed by atoms with E-state index in [0.29, 0.717) is 5.75 Å². The lowest BCUT2D eigenvalue weighted by Crippen LogP contribution is -2.36. The monoisotopic (exact) mass is 219 g/mol. The van der Waals surface area contributed by atoms with Gasteiger partial charge in [-0.05, 0) is 5.92 Å². The van der Waals surface area contributed by atoms with Crippen LogP contribution in [-0.4, -0.2) is 26.4 Å². The zero-order chi connectivity index (χ0) is 10.2. The van der Waals surface area contributed by atoms with Crippen LogP contribution in [0.15, 0.2) is 11.5 Å². The van der Waals surface area contributed by atoms with E-state index in [2.05, 4.69) is 10.1 Å². The Bertz CT molecular complexity index is 318. The summed E-state index contributed by atoms with van der Waals surface area (Å²) in [6.07, 6.45) is 1.52. The number of thioether (sulfide) groups is 1. The number of rotatable bonds is 3. The summed E-state index contributed by atoms with van der Waals surface area (Å²) >= 11 is 1.49. The van der Waals surface area contributed by atoms with Crippen LogP contribution in [0.3, 0.4) is 0 Å². The first-order chi connectivity index (χ1) is 6.57. The van der Waals surface area contributed by atoms with Crippen LogP contribution in [0.5, 0.6) is 0 Å². The molecule has 6 heteroatoms. The summed E-state index contributed by atoms with van der Waals surface area (Å²) in [6.45, 7) is 0. The molecule has 0 radical (unpaired) electrons. The molecule has 14 heavy (non-hydrogen) atoms. The highest BCUT2D eigenvalue weighted by Crippen LogP contribution is 2.44. The molecular formula is C8H11F2N3S. The fraction of sp³-hybridized carbons (Fsp3) is 0.750. The van der Waals surface area contributed by atoms with E-state index in [1.165, 1.54) is 18.1 Å². The topological polar surface area (TPSA) is 30.7 Å². The molecule has 3 nitrogen and oxygen atoms in total. The Labute approximate surface area is 84.9 Å². The van der Waals surface area contributed by atoms with E-state index in [4.69, 9.17) is 0 Å². The van der Waals surface area contributed by atoms with E-state index < -0.39 is 5.92 Å². The van der Waals surface area contributed by atoms with Gasteiger partial charge >= 0.3 is 0 Å². The molecular weight excluding hydrogens is 208 g/mol. The van der Waals surface area contributed by atoms with Crippen LogP contribution >= 0.6 is 11.8 Å². The molecule has 0 unspecified atom stereocenters. The normalized spacial score (nSPS) is 20.8. The Morgan fingerprint density at radius 2 is 2.36 bits per heavy atom. The maximum absolute atomic E-state index is 12.5. The molecule has 0 N–H and O–H groups in total. The van der Waals surface area contributed by atoms with Gasteiger partial charge in [-0.3, -0.25) is 0 Å². The molecule has 0 bridgehead atoms. The quantitative estimate of drug-likeness (QED) is 0.728. The Morgan fingerprint density at radius 1 is 1.64 bits per heavy atom. The van der Waals surface area contributed by atoms with Gasteiger partial charge in [0, 0.05) is 25.6 Å². The van der Waals surface area contributed by atoms with Crippen LogP contribution in [0.2, 0.25) is 0 Å². The molecule has 0 saturated heterocycles. The van der Waals surface area contributed by atoms with Gasteiger partial charge < -0.3 is 0 Å². The first kappa shape index (κ1) is 9.89. The van der Waals surface area contributed by atoms with E-state index in [1.807, 2.05) is 0 Å². The van der Waals surface area contributed by atoms with Crippen molar-refractivity contribution < 1.29 is 8.78 Å². The van der Waals surface area contributed by atoms with Crippen molar-refractivity contribution in [1.82, 2.24) is 14.8 Å². The molecule has 1 fully saturated rings. The highest BCUT2D eigenvalue weighted by molar-refractivity contribution is 7.99. The number of hydrogen-bond acceptors (Lipinski definition) is 3. The molecule has 1 aromatic rings. The van der Waals surface area contributed by atoms with Crippen LogP contribution in [-0.2, 0) is 7.05 Å². The van der Waals surface area contributed by atoms with Crippen LogP contribution in [0.1, 0.15) is 12.8 Å². The second-order valence-electron chi connectivity index (χ2n) is 3.61. The molecule has 1 saturated carbocycles. The minimum absolute atomic E-state index is 0.0256. The fourth-order valence-corrected chi connectivity index (χ4v) is 2.49. The molecule has 0 atom stereocenters. The van der Waals surface area contributed by atoms with Crippen molar-refractivity contribution in [1.29, 1.82) is 0 Å². The van der Waals surface area contributed by atoms with Crippen molar-refractivity contribution >= 4 is 11.8 Å². The van der Waals surface area contributed by atoms with Crippen molar-refractivity contribution in [3.8, 4) is 0 Å². The van der Waals surface area contributed by atoms with Crippen LogP contribution in [0.25, 0.3) is 0 Å². The molecule has 0 aliphatic heterocycles. The van der Waals surface area contributed by atoms with Crippen molar-refractivity contribution in [2.45, 2.75) is 23.9 Å². The molecule has 0 spiro atoms. The van der Waals surface area contributed by atoms with Crippen molar-refractivity contribution in [2.24, 2.45) is 13.0 Å². The van der Waals surface area contributed by atoms with Gasteiger partial charge in [0.15, 0.2) is 5.16 Å². The predicted octanol–water partition coefficient (Wildman–Crippen LogP) is 1.95. The summed E-state index contributed by atoms with van der Waals surface area (Å²) in [5, 5.41) is 4.70. The number of halogens is 2. The molecule has 0 aromatic carbocycles. The summed E-state index contributed by atoms with van der Waals surface area (Å²) < 4.78 is 26.6. The third-order valence-corrected chi connectivity index (χ3v) is 3.56. The van der Waals surface area contributed by atoms with Gasteiger partial charge in [-0.25, -0.2) is 18.4 Å². The van der Waals surface area contributed by atoms with E-state index in [0.717, 1.165) is 5.16 Å². The molecule has 2 rings (SSSR count). The predicted molar refractivity (Wildman–Crippen MR) is 49.4 cm³/mol. The van der Waals surface area contributed by atoms with E-state index in [-0.39, 0.29) is 18.8 Å². The molecule has 78 valence electrons. The smallest absolute Gasteiger partial charge is 0.244 e. The van der Waals surface area contributed by atoms with Crippen LogP contribution in [0, 0.1) is 5.92 Å². The zero-order valence-corrected chi connectivity index (χ0v) is 8.60. The zero-order valence-electron chi connectivity index (χ0n) is 7.78. The molecule has 1 aliphatic rings. The van der Waals surface area contributed by atoms with Gasteiger partial charge in [0.25, 0.3) is 0 Å². The average molecular weight is 219 g/mol. The van der Waals surface area contributed by atoms with Gasteiger partial charge in [0.1, 0.15) is 6.33 Å². The molecule has 1 aromatic heterocycles. The first-order valence-electron chi connectivity index (χ1n) is 4.41. The van der Waals surface area contributed by atoms with E-state index in [9.17, 15) is 8.78 Å². The van der Waals surface area contributed by atoms with Gasteiger partial charge in [-0.1, -0.05) is 11.8 Å². The Hall–Kier alpha value is -0.650. The largest absolute Gasteiger partial charge is 0.248 e. The Morgan fingerprint density at radius 3 is 2.86 bits per heavy atom. The minimum atomic E-state index is -2.41. The average Bonchev–Trinajstić information content (AvgIpc) is 2.44. The first-order valence-corrected chi connectivity index (χ1v) is 5.40. The van der Waals surface area contributed by atoms with Crippen molar-refractivity contribution in [2.75, 3.05) is 5.75 Å². The molecule has 1 heterocycles. The van der Waals surface area contributed by atoms with Crippen LogP contribution < -0.4 is 0 Å². The summed E-state index contributed by atoms with van der Waals surface area (Å²) in [5.41, 5.74) is 0. The Kier molecular flexibility index (Phi) is 2.47. The minimum Gasteiger partial charge on any atom is -0.244 e. The molecule has 1 aliphatic carbocycles. The maximum atomic E-state index is 12.5. The lowest BCUT2D eigenvalue weighted by Gasteiger charge is -2.34. The van der Waals surface area contributed by atoms with Crippen molar-refractivity contribution in [3.05, 3.63) is 6.33 Å². The third-order valence-electron chi connectivity index (χ3n) is 2.29. The van der Waals surface area contributed by atoms with E-state index >= 15 is 0 Å².